The van der Waals surface area contributed by atoms with E-state index in [0.29, 0.717) is 11.1 Å². The fourth-order valence-corrected chi connectivity index (χ4v) is 3.47. The van der Waals surface area contributed by atoms with Gasteiger partial charge in [-0.3, -0.25) is 4.79 Å². The molecule has 0 aliphatic carbocycles. The van der Waals surface area contributed by atoms with Crippen LogP contribution in [0, 0.1) is 13.8 Å². The first-order valence-electron chi connectivity index (χ1n) is 7.92. The summed E-state index contributed by atoms with van der Waals surface area (Å²) in [5.41, 5.74) is 1.54. The van der Waals surface area contributed by atoms with Crippen LogP contribution < -0.4 is 9.50 Å². The maximum atomic E-state index is 12.5. The van der Waals surface area contributed by atoms with Gasteiger partial charge >= 0.3 is 10.1 Å². The SMILES string of the molecule is Cc1ccc(C)c(S(=O)(=O)Oc2ccc(C(=O)NC(C)(C)C)cc2)c1. The molecule has 0 saturated carbocycles. The molecule has 0 heterocycles. The average Bonchev–Trinajstić information content (AvgIpc) is 2.48. The van der Waals surface area contributed by atoms with E-state index in [0.717, 1.165) is 5.56 Å². The van der Waals surface area contributed by atoms with Crippen LogP contribution in [0.2, 0.25) is 0 Å². The standard InChI is InChI=1S/C19H23NO4S/c1-13-6-7-14(2)17(12-13)25(22,23)24-16-10-8-15(9-11-16)18(21)20-19(3,4)5/h6-12H,1-5H3,(H,20,21). The summed E-state index contributed by atoms with van der Waals surface area (Å²) in [6, 6.07) is 11.2. The predicted octanol–water partition coefficient (Wildman–Crippen LogP) is 3.60. The molecule has 2 rings (SSSR count). The van der Waals surface area contributed by atoms with E-state index in [1.807, 2.05) is 33.8 Å². The molecular weight excluding hydrogens is 338 g/mol. The van der Waals surface area contributed by atoms with Crippen LogP contribution in [0.1, 0.15) is 42.3 Å². The van der Waals surface area contributed by atoms with Gasteiger partial charge in [-0.05, 0) is 76.1 Å². The number of rotatable bonds is 4. The highest BCUT2D eigenvalue weighted by atomic mass is 32.2. The van der Waals surface area contributed by atoms with Gasteiger partial charge in [-0.15, -0.1) is 0 Å². The summed E-state index contributed by atoms with van der Waals surface area (Å²) in [6.45, 7) is 9.20. The Kier molecular flexibility index (Phi) is 5.23. The molecule has 1 N–H and O–H groups in total. The van der Waals surface area contributed by atoms with Crippen LogP contribution in [0.3, 0.4) is 0 Å². The van der Waals surface area contributed by atoms with Gasteiger partial charge in [-0.1, -0.05) is 12.1 Å². The summed E-state index contributed by atoms with van der Waals surface area (Å²) in [5, 5.41) is 2.84. The van der Waals surface area contributed by atoms with Gasteiger partial charge in [0.1, 0.15) is 10.6 Å². The molecule has 0 aliphatic heterocycles. The third-order valence-electron chi connectivity index (χ3n) is 3.42. The van der Waals surface area contributed by atoms with Crippen molar-refractivity contribution in [3.8, 4) is 5.75 Å². The highest BCUT2D eigenvalue weighted by Gasteiger charge is 2.20. The summed E-state index contributed by atoms with van der Waals surface area (Å²) in [7, 11) is -3.93. The molecule has 1 amide bonds. The quantitative estimate of drug-likeness (QED) is 0.845. The maximum Gasteiger partial charge on any atom is 0.339 e. The van der Waals surface area contributed by atoms with Gasteiger partial charge in [0, 0.05) is 11.1 Å². The third-order valence-corrected chi connectivity index (χ3v) is 4.81. The Hall–Kier alpha value is -2.34. The smallest absolute Gasteiger partial charge is 0.339 e. The summed E-state index contributed by atoms with van der Waals surface area (Å²) < 4.78 is 30.2. The van der Waals surface area contributed by atoms with Crippen LogP contribution in [0.25, 0.3) is 0 Å². The lowest BCUT2D eigenvalue weighted by molar-refractivity contribution is 0.0919. The van der Waals surface area contributed by atoms with Crippen LogP contribution in [0.4, 0.5) is 0 Å². The molecule has 134 valence electrons. The van der Waals surface area contributed by atoms with Crippen molar-refractivity contribution in [2.75, 3.05) is 0 Å². The van der Waals surface area contributed by atoms with Crippen molar-refractivity contribution in [2.24, 2.45) is 0 Å². The van der Waals surface area contributed by atoms with Crippen molar-refractivity contribution in [3.05, 3.63) is 59.2 Å². The van der Waals surface area contributed by atoms with Gasteiger partial charge < -0.3 is 9.50 Å². The number of aryl methyl sites for hydroxylation is 2. The number of nitrogens with one attached hydrogen (secondary N) is 1. The van der Waals surface area contributed by atoms with Gasteiger partial charge in [-0.2, -0.15) is 8.42 Å². The van der Waals surface area contributed by atoms with Crippen molar-refractivity contribution in [2.45, 2.75) is 45.1 Å². The van der Waals surface area contributed by atoms with Crippen LogP contribution in [0.15, 0.2) is 47.4 Å². The molecule has 5 nitrogen and oxygen atoms in total. The van der Waals surface area contributed by atoms with E-state index in [9.17, 15) is 13.2 Å². The molecule has 0 radical (unpaired) electrons. The molecule has 0 saturated heterocycles. The molecule has 0 bridgehead atoms. The van der Waals surface area contributed by atoms with E-state index in [-0.39, 0.29) is 22.1 Å². The van der Waals surface area contributed by atoms with E-state index in [1.165, 1.54) is 24.3 Å². The van der Waals surface area contributed by atoms with Crippen LogP contribution >= 0.6 is 0 Å². The molecule has 6 heteroatoms. The zero-order valence-corrected chi connectivity index (χ0v) is 15.9. The fraction of sp³-hybridized carbons (Fsp3) is 0.316. The second-order valence-electron chi connectivity index (χ2n) is 7.03. The largest absolute Gasteiger partial charge is 0.379 e. The zero-order valence-electron chi connectivity index (χ0n) is 15.1. The van der Waals surface area contributed by atoms with E-state index in [1.54, 1.807) is 19.1 Å². The minimum absolute atomic E-state index is 0.141. The Bertz CT molecular complexity index is 879. The number of benzene rings is 2. The first kappa shape index (κ1) is 19.0. The van der Waals surface area contributed by atoms with E-state index < -0.39 is 10.1 Å². The molecule has 0 aliphatic rings. The number of carbonyl (C=O) groups excluding carboxylic acids is 1. The van der Waals surface area contributed by atoms with E-state index >= 15 is 0 Å². The van der Waals surface area contributed by atoms with Gasteiger partial charge in [-0.25, -0.2) is 0 Å². The van der Waals surface area contributed by atoms with Crippen LogP contribution in [0.5, 0.6) is 5.75 Å². The number of carbonyl (C=O) groups is 1. The second kappa shape index (κ2) is 6.88. The summed E-state index contributed by atoms with van der Waals surface area (Å²) >= 11 is 0. The minimum Gasteiger partial charge on any atom is -0.379 e. The monoisotopic (exact) mass is 361 g/mol. The topological polar surface area (TPSA) is 72.5 Å². The Morgan fingerprint density at radius 1 is 1.00 bits per heavy atom. The van der Waals surface area contributed by atoms with Crippen molar-refractivity contribution < 1.29 is 17.4 Å². The first-order valence-corrected chi connectivity index (χ1v) is 9.33. The lowest BCUT2D eigenvalue weighted by Gasteiger charge is -2.20. The summed E-state index contributed by atoms with van der Waals surface area (Å²) in [5.74, 6) is -0.0651. The van der Waals surface area contributed by atoms with Gasteiger partial charge in [0.15, 0.2) is 0 Å². The second-order valence-corrected chi connectivity index (χ2v) is 8.55. The Morgan fingerprint density at radius 3 is 2.16 bits per heavy atom. The third kappa shape index (κ3) is 5.06. The molecule has 25 heavy (non-hydrogen) atoms. The summed E-state index contributed by atoms with van der Waals surface area (Å²) in [6.07, 6.45) is 0. The number of amides is 1. The van der Waals surface area contributed by atoms with Gasteiger partial charge in [0.05, 0.1) is 0 Å². The molecule has 0 atom stereocenters. The highest BCUT2D eigenvalue weighted by Crippen LogP contribution is 2.22. The van der Waals surface area contributed by atoms with Gasteiger partial charge in [0.2, 0.25) is 0 Å². The maximum absolute atomic E-state index is 12.5. The lowest BCUT2D eigenvalue weighted by Crippen LogP contribution is -2.40. The Labute approximate surface area is 149 Å². The molecule has 0 unspecified atom stereocenters. The van der Waals surface area contributed by atoms with Crippen LogP contribution in [-0.2, 0) is 10.1 Å². The molecule has 0 aromatic heterocycles. The predicted molar refractivity (Wildman–Crippen MR) is 97.4 cm³/mol. The van der Waals surface area contributed by atoms with E-state index in [2.05, 4.69) is 5.32 Å². The van der Waals surface area contributed by atoms with Crippen molar-refractivity contribution in [3.63, 3.8) is 0 Å². The normalized spacial score (nSPS) is 11.9. The Morgan fingerprint density at radius 2 is 1.60 bits per heavy atom. The highest BCUT2D eigenvalue weighted by molar-refractivity contribution is 7.87. The van der Waals surface area contributed by atoms with Crippen molar-refractivity contribution in [1.29, 1.82) is 0 Å². The average molecular weight is 361 g/mol. The van der Waals surface area contributed by atoms with Crippen molar-refractivity contribution >= 4 is 16.0 Å². The molecule has 0 fully saturated rings. The zero-order chi connectivity index (χ0) is 18.8. The van der Waals surface area contributed by atoms with Gasteiger partial charge in [0.25, 0.3) is 5.91 Å². The molecule has 2 aromatic carbocycles. The fourth-order valence-electron chi connectivity index (χ4n) is 2.22. The Balaban J connectivity index is 2.21. The number of hydrogen-bond acceptors (Lipinski definition) is 4. The number of hydrogen-bond donors (Lipinski definition) is 1. The lowest BCUT2D eigenvalue weighted by atomic mass is 10.1. The summed E-state index contributed by atoms with van der Waals surface area (Å²) in [4.78, 5) is 12.2. The van der Waals surface area contributed by atoms with Crippen LogP contribution in [-0.4, -0.2) is 19.9 Å². The molecule has 2 aromatic rings. The molecule has 0 spiro atoms. The minimum atomic E-state index is -3.93. The first-order chi connectivity index (χ1) is 11.5. The molecular formula is C19H23NO4S. The van der Waals surface area contributed by atoms with Crippen molar-refractivity contribution in [1.82, 2.24) is 5.32 Å². The van der Waals surface area contributed by atoms with E-state index in [4.69, 9.17) is 4.18 Å².